The van der Waals surface area contributed by atoms with Crippen LogP contribution in [-0.2, 0) is 13.0 Å². The number of nitrogens with zero attached hydrogens (tertiary/aromatic N) is 3. The molecule has 0 aliphatic carbocycles. The maximum Gasteiger partial charge on any atom is 0.141 e. The predicted molar refractivity (Wildman–Crippen MR) is 111 cm³/mol. The highest BCUT2D eigenvalue weighted by Gasteiger charge is 2.22. The molecule has 0 saturated heterocycles. The first kappa shape index (κ1) is 16.3. The zero-order valence-electron chi connectivity index (χ0n) is 15.1. The third kappa shape index (κ3) is 2.84. The normalized spacial score (nSPS) is 13.6. The third-order valence-corrected chi connectivity index (χ3v) is 6.07. The molecule has 4 aromatic rings. The fourth-order valence-corrected chi connectivity index (χ4v) is 4.67. The molecule has 27 heavy (non-hydrogen) atoms. The Morgan fingerprint density at radius 1 is 1.00 bits per heavy atom. The SMILES string of the molecule is COc1ccc(-c2csc3ncnc(N4CCc5ccccc5C4)c23)cc1. The first-order chi connectivity index (χ1) is 13.3. The second kappa shape index (κ2) is 6.67. The number of anilines is 1. The second-order valence-electron chi connectivity index (χ2n) is 6.70. The number of aromatic nitrogens is 2. The summed E-state index contributed by atoms with van der Waals surface area (Å²) in [7, 11) is 1.69. The number of rotatable bonds is 3. The van der Waals surface area contributed by atoms with Crippen molar-refractivity contribution in [3.05, 3.63) is 71.4 Å². The fourth-order valence-electron chi connectivity index (χ4n) is 3.76. The maximum absolute atomic E-state index is 5.30. The van der Waals surface area contributed by atoms with E-state index in [0.717, 1.165) is 46.9 Å². The molecular weight excluding hydrogens is 354 g/mol. The number of methoxy groups -OCH3 is 1. The van der Waals surface area contributed by atoms with Crippen molar-refractivity contribution < 1.29 is 4.74 Å². The van der Waals surface area contributed by atoms with Crippen molar-refractivity contribution in [2.45, 2.75) is 13.0 Å². The van der Waals surface area contributed by atoms with Crippen LogP contribution >= 0.6 is 11.3 Å². The molecule has 0 bridgehead atoms. The van der Waals surface area contributed by atoms with Crippen LogP contribution in [0.25, 0.3) is 21.3 Å². The van der Waals surface area contributed by atoms with E-state index in [-0.39, 0.29) is 0 Å². The van der Waals surface area contributed by atoms with Crippen LogP contribution in [0, 0.1) is 0 Å². The Hall–Kier alpha value is -2.92. The van der Waals surface area contributed by atoms with E-state index in [1.165, 1.54) is 16.7 Å². The molecule has 0 fully saturated rings. The molecule has 0 N–H and O–H groups in total. The first-order valence-electron chi connectivity index (χ1n) is 9.02. The summed E-state index contributed by atoms with van der Waals surface area (Å²) in [6.45, 7) is 1.86. The van der Waals surface area contributed by atoms with Crippen LogP contribution in [0.1, 0.15) is 11.1 Å². The molecular formula is C22H19N3OS. The Balaban J connectivity index is 1.60. The fraction of sp³-hybridized carbons (Fsp3) is 0.182. The number of hydrogen-bond donors (Lipinski definition) is 0. The molecule has 0 amide bonds. The minimum absolute atomic E-state index is 0.863. The smallest absolute Gasteiger partial charge is 0.141 e. The number of benzene rings is 2. The van der Waals surface area contributed by atoms with Gasteiger partial charge >= 0.3 is 0 Å². The highest BCUT2D eigenvalue weighted by molar-refractivity contribution is 7.17. The minimum atomic E-state index is 0.863. The highest BCUT2D eigenvalue weighted by Crippen LogP contribution is 2.39. The average molecular weight is 373 g/mol. The summed E-state index contributed by atoms with van der Waals surface area (Å²) in [5.41, 5.74) is 5.18. The Kier molecular flexibility index (Phi) is 4.02. The minimum Gasteiger partial charge on any atom is -0.497 e. The lowest BCUT2D eigenvalue weighted by Crippen LogP contribution is -2.31. The summed E-state index contributed by atoms with van der Waals surface area (Å²) in [6, 6.07) is 16.9. The lowest BCUT2D eigenvalue weighted by Gasteiger charge is -2.30. The van der Waals surface area contributed by atoms with E-state index in [1.807, 2.05) is 12.1 Å². The molecule has 134 valence electrons. The van der Waals surface area contributed by atoms with E-state index < -0.39 is 0 Å². The van der Waals surface area contributed by atoms with Gasteiger partial charge in [-0.05, 0) is 35.2 Å². The summed E-state index contributed by atoms with van der Waals surface area (Å²) in [6.07, 6.45) is 2.73. The average Bonchev–Trinajstić information content (AvgIpc) is 3.18. The summed E-state index contributed by atoms with van der Waals surface area (Å²) in [5.74, 6) is 1.89. The summed E-state index contributed by atoms with van der Waals surface area (Å²) in [5, 5.41) is 3.33. The lowest BCUT2D eigenvalue weighted by molar-refractivity contribution is 0.415. The Morgan fingerprint density at radius 3 is 2.63 bits per heavy atom. The summed E-state index contributed by atoms with van der Waals surface area (Å²) < 4.78 is 5.30. The molecule has 0 spiro atoms. The predicted octanol–water partition coefficient (Wildman–Crippen LogP) is 4.93. The molecule has 5 rings (SSSR count). The van der Waals surface area contributed by atoms with E-state index >= 15 is 0 Å². The van der Waals surface area contributed by atoms with Gasteiger partial charge in [-0.1, -0.05) is 36.4 Å². The van der Waals surface area contributed by atoms with Crippen LogP contribution in [0.4, 0.5) is 5.82 Å². The molecule has 0 unspecified atom stereocenters. The molecule has 4 nitrogen and oxygen atoms in total. The van der Waals surface area contributed by atoms with Crippen molar-refractivity contribution in [3.8, 4) is 16.9 Å². The van der Waals surface area contributed by atoms with Gasteiger partial charge in [-0.15, -0.1) is 11.3 Å². The van der Waals surface area contributed by atoms with Crippen LogP contribution < -0.4 is 9.64 Å². The second-order valence-corrected chi connectivity index (χ2v) is 7.55. The van der Waals surface area contributed by atoms with Crippen molar-refractivity contribution in [1.29, 1.82) is 0 Å². The third-order valence-electron chi connectivity index (χ3n) is 5.18. The van der Waals surface area contributed by atoms with Crippen LogP contribution in [0.15, 0.2) is 60.2 Å². The lowest BCUT2D eigenvalue weighted by atomic mass is 9.99. The van der Waals surface area contributed by atoms with Gasteiger partial charge in [0.2, 0.25) is 0 Å². The van der Waals surface area contributed by atoms with Gasteiger partial charge in [0.1, 0.15) is 22.7 Å². The van der Waals surface area contributed by atoms with Gasteiger partial charge in [-0.2, -0.15) is 0 Å². The molecule has 2 aromatic heterocycles. The molecule has 2 aromatic carbocycles. The van der Waals surface area contributed by atoms with E-state index in [2.05, 4.69) is 51.7 Å². The molecule has 1 aliphatic heterocycles. The van der Waals surface area contributed by atoms with Crippen LogP contribution in [-0.4, -0.2) is 23.6 Å². The van der Waals surface area contributed by atoms with Gasteiger partial charge in [0.25, 0.3) is 0 Å². The number of thiophene rings is 1. The van der Waals surface area contributed by atoms with Gasteiger partial charge < -0.3 is 9.64 Å². The van der Waals surface area contributed by atoms with E-state index in [4.69, 9.17) is 9.72 Å². The van der Waals surface area contributed by atoms with Gasteiger partial charge in [0.05, 0.1) is 12.5 Å². The number of fused-ring (bicyclic) bond motifs is 2. The van der Waals surface area contributed by atoms with E-state index in [9.17, 15) is 0 Å². The summed E-state index contributed by atoms with van der Waals surface area (Å²) in [4.78, 5) is 12.6. The molecule has 0 atom stereocenters. The van der Waals surface area contributed by atoms with Crippen molar-refractivity contribution >= 4 is 27.4 Å². The first-order valence-corrected chi connectivity index (χ1v) is 9.90. The molecule has 0 saturated carbocycles. The van der Waals surface area contributed by atoms with Crippen LogP contribution in [0.5, 0.6) is 5.75 Å². The van der Waals surface area contributed by atoms with Gasteiger partial charge in [-0.25, -0.2) is 9.97 Å². The van der Waals surface area contributed by atoms with Crippen molar-refractivity contribution in [3.63, 3.8) is 0 Å². The van der Waals surface area contributed by atoms with Crippen molar-refractivity contribution in [2.24, 2.45) is 0 Å². The van der Waals surface area contributed by atoms with E-state index in [1.54, 1.807) is 24.8 Å². The Morgan fingerprint density at radius 2 is 1.81 bits per heavy atom. The maximum atomic E-state index is 5.30. The zero-order valence-corrected chi connectivity index (χ0v) is 15.9. The van der Waals surface area contributed by atoms with Crippen molar-refractivity contribution in [1.82, 2.24) is 9.97 Å². The van der Waals surface area contributed by atoms with Crippen molar-refractivity contribution in [2.75, 3.05) is 18.6 Å². The molecule has 5 heteroatoms. The molecule has 0 radical (unpaired) electrons. The van der Waals surface area contributed by atoms with Crippen LogP contribution in [0.2, 0.25) is 0 Å². The number of ether oxygens (including phenoxy) is 1. The molecule has 1 aliphatic rings. The molecule has 3 heterocycles. The summed E-state index contributed by atoms with van der Waals surface area (Å²) >= 11 is 1.67. The zero-order chi connectivity index (χ0) is 18.2. The topological polar surface area (TPSA) is 38.3 Å². The van der Waals surface area contributed by atoms with Crippen LogP contribution in [0.3, 0.4) is 0 Å². The number of hydrogen-bond acceptors (Lipinski definition) is 5. The van der Waals surface area contributed by atoms with Gasteiger partial charge in [0.15, 0.2) is 0 Å². The monoisotopic (exact) mass is 373 g/mol. The van der Waals surface area contributed by atoms with E-state index in [0.29, 0.717) is 0 Å². The quantitative estimate of drug-likeness (QED) is 0.510. The standard InChI is InChI=1S/C22H19N3OS/c1-26-18-8-6-16(7-9-18)19-13-27-22-20(19)21(23-14-24-22)25-11-10-15-4-2-3-5-17(15)12-25/h2-9,13-14H,10-12H2,1H3. The van der Waals surface area contributed by atoms with Gasteiger partial charge in [-0.3, -0.25) is 0 Å². The highest BCUT2D eigenvalue weighted by atomic mass is 32.1. The largest absolute Gasteiger partial charge is 0.497 e. The Bertz CT molecular complexity index is 1100. The Labute approximate surface area is 162 Å². The van der Waals surface area contributed by atoms with Gasteiger partial charge in [0, 0.05) is 24.0 Å².